The van der Waals surface area contributed by atoms with Gasteiger partial charge in [-0.1, -0.05) is 31.4 Å². The fourth-order valence-corrected chi connectivity index (χ4v) is 0.872. The van der Waals surface area contributed by atoms with Crippen molar-refractivity contribution in [1.29, 1.82) is 0 Å². The molecule has 2 nitrogen and oxygen atoms in total. The van der Waals surface area contributed by atoms with Crippen LogP contribution in [0.2, 0.25) is 0 Å². The van der Waals surface area contributed by atoms with Crippen molar-refractivity contribution >= 4 is 6.21 Å². The average molecular weight is 190 g/mol. The normalized spacial score (nSPS) is 15.6. The molecule has 0 aromatic carbocycles. The molecule has 0 rings (SSSR count). The van der Waals surface area contributed by atoms with E-state index in [1.54, 1.807) is 18.4 Å². The molecular formula is C12H18N2. The number of hydrogen-bond acceptors (Lipinski definition) is 2. The van der Waals surface area contributed by atoms with Crippen molar-refractivity contribution in [2.45, 2.75) is 19.9 Å². The van der Waals surface area contributed by atoms with Gasteiger partial charge in [0.15, 0.2) is 0 Å². The minimum Gasteiger partial charge on any atom is -0.404 e. The predicted octanol–water partition coefficient (Wildman–Crippen LogP) is 2.61. The molecule has 0 spiro atoms. The zero-order chi connectivity index (χ0) is 11.0. The van der Waals surface area contributed by atoms with E-state index in [1.807, 2.05) is 19.9 Å². The van der Waals surface area contributed by atoms with Crippen molar-refractivity contribution in [3.05, 3.63) is 48.7 Å². The molecule has 0 aromatic rings. The monoisotopic (exact) mass is 190 g/mol. The van der Waals surface area contributed by atoms with Crippen molar-refractivity contribution in [2.24, 2.45) is 10.7 Å². The third-order valence-electron chi connectivity index (χ3n) is 1.79. The van der Waals surface area contributed by atoms with Crippen LogP contribution in [-0.2, 0) is 0 Å². The summed E-state index contributed by atoms with van der Waals surface area (Å²) in [6.45, 7) is 11.3. The molecule has 0 aliphatic rings. The Balaban J connectivity index is 4.53. The molecule has 0 aromatic heterocycles. The molecule has 0 aliphatic carbocycles. The lowest BCUT2D eigenvalue weighted by Gasteiger charge is -2.06. The fraction of sp³-hybridized carbons (Fsp3) is 0.250. The standard InChI is InChI=1S/C12H18N2/c1-5-7-12(6-2)11(4)14-9-10(3)8-13/h5-9,11H,1-2,13H2,3-4H3/b10-8-,12-7+,14-9?. The maximum absolute atomic E-state index is 5.32. The van der Waals surface area contributed by atoms with Crippen LogP contribution in [-0.4, -0.2) is 12.3 Å². The molecule has 76 valence electrons. The van der Waals surface area contributed by atoms with E-state index in [0.29, 0.717) is 0 Å². The second-order valence-electron chi connectivity index (χ2n) is 2.97. The summed E-state index contributed by atoms with van der Waals surface area (Å²) in [5, 5.41) is 0. The minimum absolute atomic E-state index is 0.0837. The topological polar surface area (TPSA) is 38.4 Å². The van der Waals surface area contributed by atoms with E-state index >= 15 is 0 Å². The summed E-state index contributed by atoms with van der Waals surface area (Å²) in [5.41, 5.74) is 7.31. The van der Waals surface area contributed by atoms with E-state index in [0.717, 1.165) is 11.1 Å². The van der Waals surface area contributed by atoms with Gasteiger partial charge in [0.2, 0.25) is 0 Å². The molecule has 14 heavy (non-hydrogen) atoms. The van der Waals surface area contributed by atoms with E-state index in [1.165, 1.54) is 6.20 Å². The summed E-state index contributed by atoms with van der Waals surface area (Å²) < 4.78 is 0. The summed E-state index contributed by atoms with van der Waals surface area (Å²) in [5.74, 6) is 0. The first-order valence-corrected chi connectivity index (χ1v) is 4.52. The van der Waals surface area contributed by atoms with Gasteiger partial charge in [0.1, 0.15) is 0 Å². The van der Waals surface area contributed by atoms with Crippen LogP contribution < -0.4 is 5.73 Å². The molecule has 0 radical (unpaired) electrons. The number of aliphatic imine (C=N–C) groups is 1. The quantitative estimate of drug-likeness (QED) is 0.525. The van der Waals surface area contributed by atoms with Gasteiger partial charge in [0, 0.05) is 6.21 Å². The summed E-state index contributed by atoms with van der Waals surface area (Å²) in [4.78, 5) is 4.32. The Morgan fingerprint density at radius 3 is 2.50 bits per heavy atom. The van der Waals surface area contributed by atoms with Crippen LogP contribution in [0.5, 0.6) is 0 Å². The Labute approximate surface area is 86.2 Å². The molecular weight excluding hydrogens is 172 g/mol. The highest BCUT2D eigenvalue weighted by Crippen LogP contribution is 2.07. The Bertz CT molecular complexity index is 283. The number of nitrogens with two attached hydrogens (primary N) is 1. The van der Waals surface area contributed by atoms with Gasteiger partial charge in [-0.05, 0) is 31.2 Å². The summed E-state index contributed by atoms with van der Waals surface area (Å²) >= 11 is 0. The highest BCUT2D eigenvalue weighted by atomic mass is 14.8. The van der Waals surface area contributed by atoms with Gasteiger partial charge in [-0.2, -0.15) is 0 Å². The lowest BCUT2D eigenvalue weighted by atomic mass is 10.1. The van der Waals surface area contributed by atoms with Gasteiger partial charge in [-0.25, -0.2) is 0 Å². The van der Waals surface area contributed by atoms with Crippen molar-refractivity contribution in [1.82, 2.24) is 0 Å². The highest BCUT2D eigenvalue weighted by Gasteiger charge is 2.00. The molecule has 0 amide bonds. The molecule has 1 unspecified atom stereocenters. The van der Waals surface area contributed by atoms with E-state index in [-0.39, 0.29) is 6.04 Å². The van der Waals surface area contributed by atoms with Crippen LogP contribution in [0.15, 0.2) is 53.7 Å². The molecule has 0 saturated heterocycles. The van der Waals surface area contributed by atoms with E-state index < -0.39 is 0 Å². The maximum atomic E-state index is 5.32. The molecule has 0 heterocycles. The van der Waals surface area contributed by atoms with Crippen molar-refractivity contribution < 1.29 is 0 Å². The van der Waals surface area contributed by atoms with Crippen LogP contribution in [0.1, 0.15) is 13.8 Å². The van der Waals surface area contributed by atoms with Gasteiger partial charge in [0.25, 0.3) is 0 Å². The lowest BCUT2D eigenvalue weighted by Crippen LogP contribution is -2.01. The first kappa shape index (κ1) is 12.4. The number of hydrogen-bond donors (Lipinski definition) is 1. The second kappa shape index (κ2) is 6.89. The zero-order valence-corrected chi connectivity index (χ0v) is 8.90. The van der Waals surface area contributed by atoms with Crippen LogP contribution >= 0.6 is 0 Å². The van der Waals surface area contributed by atoms with Crippen LogP contribution in [0.4, 0.5) is 0 Å². The van der Waals surface area contributed by atoms with Crippen molar-refractivity contribution in [2.75, 3.05) is 0 Å². The Morgan fingerprint density at radius 2 is 2.07 bits per heavy atom. The van der Waals surface area contributed by atoms with E-state index in [9.17, 15) is 0 Å². The highest BCUT2D eigenvalue weighted by molar-refractivity contribution is 5.77. The second-order valence-corrected chi connectivity index (χ2v) is 2.97. The van der Waals surface area contributed by atoms with Gasteiger partial charge in [0.05, 0.1) is 6.04 Å². The van der Waals surface area contributed by atoms with Crippen LogP contribution in [0, 0.1) is 0 Å². The number of allylic oxidation sites excluding steroid dienone is 3. The molecule has 0 bridgehead atoms. The molecule has 2 N–H and O–H groups in total. The fourth-order valence-electron chi connectivity index (χ4n) is 0.872. The Kier molecular flexibility index (Phi) is 6.12. The number of rotatable bonds is 5. The molecule has 0 aliphatic heterocycles. The largest absolute Gasteiger partial charge is 0.404 e. The summed E-state index contributed by atoms with van der Waals surface area (Å²) in [7, 11) is 0. The Hall–Kier alpha value is -1.57. The van der Waals surface area contributed by atoms with Crippen LogP contribution in [0.3, 0.4) is 0 Å². The van der Waals surface area contributed by atoms with Gasteiger partial charge < -0.3 is 5.73 Å². The average Bonchev–Trinajstić information content (AvgIpc) is 2.21. The summed E-state index contributed by atoms with van der Waals surface area (Å²) in [6.07, 6.45) is 8.70. The van der Waals surface area contributed by atoms with Gasteiger partial charge in [-0.3, -0.25) is 4.99 Å². The van der Waals surface area contributed by atoms with Gasteiger partial charge in [-0.15, -0.1) is 0 Å². The maximum Gasteiger partial charge on any atom is 0.0720 e. The molecule has 0 fully saturated rings. The molecule has 1 atom stereocenters. The molecule has 2 heteroatoms. The first-order chi connectivity index (χ1) is 6.65. The van der Waals surface area contributed by atoms with Crippen LogP contribution in [0.25, 0.3) is 0 Å². The zero-order valence-electron chi connectivity index (χ0n) is 8.90. The van der Waals surface area contributed by atoms with Crippen molar-refractivity contribution in [3.8, 4) is 0 Å². The van der Waals surface area contributed by atoms with E-state index in [4.69, 9.17) is 5.73 Å². The first-order valence-electron chi connectivity index (χ1n) is 4.52. The Morgan fingerprint density at radius 1 is 1.43 bits per heavy atom. The SMILES string of the molecule is C=C/C=C(\C=C)C(C)N=C/C(C)=C\N. The minimum atomic E-state index is 0.0837. The third kappa shape index (κ3) is 4.45. The predicted molar refractivity (Wildman–Crippen MR) is 64.4 cm³/mol. The molecule has 0 saturated carbocycles. The lowest BCUT2D eigenvalue weighted by molar-refractivity contribution is 0.892. The smallest absolute Gasteiger partial charge is 0.0720 e. The van der Waals surface area contributed by atoms with Gasteiger partial charge >= 0.3 is 0 Å². The third-order valence-corrected chi connectivity index (χ3v) is 1.79. The van der Waals surface area contributed by atoms with Crippen molar-refractivity contribution in [3.63, 3.8) is 0 Å². The van der Waals surface area contributed by atoms with E-state index in [2.05, 4.69) is 18.2 Å². The summed E-state index contributed by atoms with van der Waals surface area (Å²) in [6, 6.07) is 0.0837. The number of nitrogens with zero attached hydrogens (tertiary/aromatic N) is 1.